The number of carbonyl (C=O) groups excluding carboxylic acids is 1. The normalized spacial score (nSPS) is 10.2. The van der Waals surface area contributed by atoms with E-state index in [4.69, 9.17) is 5.11 Å². The lowest BCUT2D eigenvalue weighted by Crippen LogP contribution is -2.05. The Balaban J connectivity index is 1.99. The highest BCUT2D eigenvalue weighted by molar-refractivity contribution is 7.14. The second kappa shape index (κ2) is 6.41. The minimum absolute atomic E-state index is 0.106. The van der Waals surface area contributed by atoms with Crippen molar-refractivity contribution in [1.82, 2.24) is 0 Å². The number of anilines is 2. The Labute approximate surface area is 126 Å². The highest BCUT2D eigenvalue weighted by atomic mass is 32.1. The zero-order chi connectivity index (χ0) is 15.4. The fourth-order valence-electron chi connectivity index (χ4n) is 1.87. The molecule has 3 N–H and O–H groups in total. The van der Waals surface area contributed by atoms with Gasteiger partial charge in [-0.2, -0.15) is 0 Å². The number of carboxylic acids is 1. The lowest BCUT2D eigenvalue weighted by atomic mass is 10.2. The number of amides is 1. The van der Waals surface area contributed by atoms with E-state index in [1.165, 1.54) is 18.3 Å². The van der Waals surface area contributed by atoms with Gasteiger partial charge in [0.25, 0.3) is 0 Å². The second-order valence-electron chi connectivity index (χ2n) is 4.61. The van der Waals surface area contributed by atoms with Crippen molar-refractivity contribution >= 4 is 34.6 Å². The first-order valence-electron chi connectivity index (χ1n) is 6.40. The van der Waals surface area contributed by atoms with E-state index in [0.29, 0.717) is 11.4 Å². The summed E-state index contributed by atoms with van der Waals surface area (Å²) in [5.41, 5.74) is 2.63. The van der Waals surface area contributed by atoms with Gasteiger partial charge in [0.05, 0.1) is 0 Å². The molecule has 0 radical (unpaired) electrons. The molecule has 6 heteroatoms. The third kappa shape index (κ3) is 4.06. The van der Waals surface area contributed by atoms with Crippen LogP contribution in [0.5, 0.6) is 0 Å². The molecule has 0 atom stereocenters. The summed E-state index contributed by atoms with van der Waals surface area (Å²) in [6.45, 7) is 3.94. The smallest absolute Gasteiger partial charge is 0.345 e. The maximum atomic E-state index is 10.9. The summed E-state index contributed by atoms with van der Waals surface area (Å²) in [5.74, 6) is -1.00. The van der Waals surface area contributed by atoms with E-state index in [9.17, 15) is 9.59 Å². The second-order valence-corrected chi connectivity index (χ2v) is 5.87. The van der Waals surface area contributed by atoms with Gasteiger partial charge in [-0.25, -0.2) is 4.79 Å². The molecule has 5 nitrogen and oxygen atoms in total. The molecule has 21 heavy (non-hydrogen) atoms. The van der Waals surface area contributed by atoms with Gasteiger partial charge in [0.2, 0.25) is 5.91 Å². The summed E-state index contributed by atoms with van der Waals surface area (Å²) in [6.07, 6.45) is 0. The van der Waals surface area contributed by atoms with Gasteiger partial charge in [0.1, 0.15) is 4.88 Å². The van der Waals surface area contributed by atoms with Crippen LogP contribution in [0.25, 0.3) is 0 Å². The van der Waals surface area contributed by atoms with Crippen molar-refractivity contribution in [2.24, 2.45) is 0 Å². The zero-order valence-corrected chi connectivity index (χ0v) is 12.6. The molecule has 1 amide bonds. The first kappa shape index (κ1) is 15.1. The van der Waals surface area contributed by atoms with E-state index in [0.717, 1.165) is 21.8 Å². The molecule has 0 saturated heterocycles. The summed E-state index contributed by atoms with van der Waals surface area (Å²) in [5, 5.41) is 14.9. The summed E-state index contributed by atoms with van der Waals surface area (Å²) in [7, 11) is 0. The van der Waals surface area contributed by atoms with Crippen LogP contribution in [0.4, 0.5) is 11.4 Å². The van der Waals surface area contributed by atoms with E-state index >= 15 is 0 Å². The third-order valence-corrected chi connectivity index (χ3v) is 4.00. The summed E-state index contributed by atoms with van der Waals surface area (Å²) < 4.78 is 0. The number of hydrogen-bond donors (Lipinski definition) is 3. The van der Waals surface area contributed by atoms with Gasteiger partial charge in [0.15, 0.2) is 0 Å². The molecule has 1 aromatic heterocycles. The molecule has 0 aliphatic rings. The molecule has 2 rings (SSSR count). The molecule has 0 fully saturated rings. The molecule has 0 spiro atoms. The predicted octanol–water partition coefficient (Wildman–Crippen LogP) is 3.33. The molecule has 0 aliphatic heterocycles. The standard InChI is InChI=1S/C15H16N2O3S/c1-9-11(7-14(21-9)15(19)20)8-16-12-3-5-13(6-4-12)17-10(2)18/h3-7,16H,8H2,1-2H3,(H,17,18)(H,19,20). The van der Waals surface area contributed by atoms with Crippen LogP contribution in [-0.4, -0.2) is 17.0 Å². The SMILES string of the molecule is CC(=O)Nc1ccc(NCc2cc(C(=O)O)sc2C)cc1. The Morgan fingerprint density at radius 1 is 1.19 bits per heavy atom. The quantitative estimate of drug-likeness (QED) is 0.791. The van der Waals surface area contributed by atoms with Gasteiger partial charge in [-0.3, -0.25) is 4.79 Å². The Morgan fingerprint density at radius 2 is 1.81 bits per heavy atom. The molecule has 0 unspecified atom stereocenters. The minimum atomic E-state index is -0.894. The number of aromatic carboxylic acids is 1. The fourth-order valence-corrected chi connectivity index (χ4v) is 2.75. The molecule has 1 aromatic carbocycles. The Bertz CT molecular complexity index is 662. The fraction of sp³-hybridized carbons (Fsp3) is 0.200. The number of rotatable bonds is 5. The average molecular weight is 304 g/mol. The van der Waals surface area contributed by atoms with Crippen molar-refractivity contribution in [2.45, 2.75) is 20.4 Å². The number of carboxylic acid groups (broad SMARTS) is 1. The van der Waals surface area contributed by atoms with Gasteiger partial charge in [-0.1, -0.05) is 0 Å². The number of benzene rings is 1. The van der Waals surface area contributed by atoms with Crippen LogP contribution in [-0.2, 0) is 11.3 Å². The van der Waals surface area contributed by atoms with Crippen molar-refractivity contribution in [3.63, 3.8) is 0 Å². The Hall–Kier alpha value is -2.34. The largest absolute Gasteiger partial charge is 0.477 e. The molecular weight excluding hydrogens is 288 g/mol. The van der Waals surface area contributed by atoms with Crippen LogP contribution in [0.1, 0.15) is 27.0 Å². The van der Waals surface area contributed by atoms with Crippen molar-refractivity contribution in [3.8, 4) is 0 Å². The van der Waals surface area contributed by atoms with Crippen LogP contribution >= 0.6 is 11.3 Å². The number of hydrogen-bond acceptors (Lipinski definition) is 4. The zero-order valence-electron chi connectivity index (χ0n) is 11.8. The van der Waals surface area contributed by atoms with Gasteiger partial charge >= 0.3 is 5.97 Å². The number of aryl methyl sites for hydroxylation is 1. The van der Waals surface area contributed by atoms with Crippen molar-refractivity contribution in [1.29, 1.82) is 0 Å². The van der Waals surface area contributed by atoms with Crippen molar-refractivity contribution < 1.29 is 14.7 Å². The molecular formula is C15H16N2O3S. The summed E-state index contributed by atoms with van der Waals surface area (Å²) in [6, 6.07) is 9.05. The Kier molecular flexibility index (Phi) is 4.59. The Morgan fingerprint density at radius 3 is 2.33 bits per heavy atom. The van der Waals surface area contributed by atoms with Crippen LogP contribution in [0, 0.1) is 6.92 Å². The van der Waals surface area contributed by atoms with Crippen LogP contribution in [0.2, 0.25) is 0 Å². The minimum Gasteiger partial charge on any atom is -0.477 e. The molecule has 0 aliphatic carbocycles. The highest BCUT2D eigenvalue weighted by Crippen LogP contribution is 2.23. The van der Waals surface area contributed by atoms with Crippen LogP contribution in [0.15, 0.2) is 30.3 Å². The highest BCUT2D eigenvalue weighted by Gasteiger charge is 2.10. The molecule has 0 saturated carbocycles. The number of nitrogens with one attached hydrogen (secondary N) is 2. The van der Waals surface area contributed by atoms with Crippen LogP contribution in [0.3, 0.4) is 0 Å². The monoisotopic (exact) mass is 304 g/mol. The van der Waals surface area contributed by atoms with Gasteiger partial charge < -0.3 is 15.7 Å². The predicted molar refractivity (Wildman–Crippen MR) is 84.1 cm³/mol. The number of thiophene rings is 1. The summed E-state index contributed by atoms with van der Waals surface area (Å²) >= 11 is 1.28. The van der Waals surface area contributed by atoms with E-state index < -0.39 is 5.97 Å². The van der Waals surface area contributed by atoms with Gasteiger partial charge in [0, 0.05) is 29.7 Å². The van der Waals surface area contributed by atoms with Crippen LogP contribution < -0.4 is 10.6 Å². The average Bonchev–Trinajstić information content (AvgIpc) is 2.79. The third-order valence-electron chi connectivity index (χ3n) is 2.92. The maximum absolute atomic E-state index is 10.9. The molecule has 110 valence electrons. The van der Waals surface area contributed by atoms with E-state index in [-0.39, 0.29) is 5.91 Å². The molecule has 2 aromatic rings. The first-order valence-corrected chi connectivity index (χ1v) is 7.21. The van der Waals surface area contributed by atoms with E-state index in [1.807, 2.05) is 31.2 Å². The molecule has 1 heterocycles. The maximum Gasteiger partial charge on any atom is 0.345 e. The summed E-state index contributed by atoms with van der Waals surface area (Å²) in [4.78, 5) is 23.2. The van der Waals surface area contributed by atoms with Crippen molar-refractivity contribution in [2.75, 3.05) is 10.6 Å². The van der Waals surface area contributed by atoms with E-state index in [1.54, 1.807) is 6.07 Å². The lowest BCUT2D eigenvalue weighted by molar-refractivity contribution is -0.114. The van der Waals surface area contributed by atoms with Gasteiger partial charge in [-0.05, 0) is 42.8 Å². The lowest BCUT2D eigenvalue weighted by Gasteiger charge is -2.07. The number of carbonyl (C=O) groups is 2. The van der Waals surface area contributed by atoms with Gasteiger partial charge in [-0.15, -0.1) is 11.3 Å². The topological polar surface area (TPSA) is 78.4 Å². The first-order chi connectivity index (χ1) is 9.95. The van der Waals surface area contributed by atoms with E-state index in [2.05, 4.69) is 10.6 Å². The van der Waals surface area contributed by atoms with Crippen molar-refractivity contribution in [3.05, 3.63) is 45.6 Å². The molecule has 0 bridgehead atoms.